The van der Waals surface area contributed by atoms with Crippen molar-refractivity contribution in [3.63, 3.8) is 0 Å². The molecule has 2 amide bonds. The highest BCUT2D eigenvalue weighted by Crippen LogP contribution is 2.39. The SMILES string of the molecule is CNC(=O)[C@H](CCCCN=C(N)N)CC(=O)c1csc([C@H]2C[C@@H](CC(C)=O)CN2C(=O)c2cn3cc(Cl)ccc3n2)n1. The number of carbonyl (C=O) groups excluding carboxylic acids is 4. The van der Waals surface area contributed by atoms with Gasteiger partial charge in [0.05, 0.1) is 11.1 Å². The number of hydrogen-bond donors (Lipinski definition) is 3. The molecule has 0 aliphatic carbocycles. The number of ketones is 2. The highest BCUT2D eigenvalue weighted by Gasteiger charge is 2.39. The van der Waals surface area contributed by atoms with Crippen LogP contribution in [-0.4, -0.2) is 68.7 Å². The van der Waals surface area contributed by atoms with Crippen LogP contribution in [0.2, 0.25) is 5.02 Å². The van der Waals surface area contributed by atoms with Crippen molar-refractivity contribution in [1.82, 2.24) is 24.6 Å². The predicted octanol–water partition coefficient (Wildman–Crippen LogP) is 3.01. The van der Waals surface area contributed by atoms with Crippen molar-refractivity contribution in [2.24, 2.45) is 28.3 Å². The molecule has 4 rings (SSSR count). The number of nitrogens with two attached hydrogens (primary N) is 2. The number of fused-ring (bicyclic) bond motifs is 1. The molecule has 12 nitrogen and oxygen atoms in total. The molecule has 0 bridgehead atoms. The fourth-order valence-electron chi connectivity index (χ4n) is 5.29. The van der Waals surface area contributed by atoms with E-state index in [2.05, 4.69) is 20.3 Å². The molecule has 3 aromatic heterocycles. The van der Waals surface area contributed by atoms with Gasteiger partial charge < -0.3 is 30.9 Å². The van der Waals surface area contributed by atoms with Crippen molar-refractivity contribution in [1.29, 1.82) is 0 Å². The molecule has 0 aromatic carbocycles. The summed E-state index contributed by atoms with van der Waals surface area (Å²) < 4.78 is 1.69. The number of aliphatic imine (C=N–C) groups is 1. The van der Waals surface area contributed by atoms with Gasteiger partial charge in [-0.05, 0) is 44.2 Å². The van der Waals surface area contributed by atoms with E-state index in [1.807, 2.05) is 0 Å². The Balaban J connectivity index is 1.50. The van der Waals surface area contributed by atoms with Gasteiger partial charge in [0.2, 0.25) is 5.91 Å². The van der Waals surface area contributed by atoms with Crippen molar-refractivity contribution in [3.8, 4) is 0 Å². The zero-order valence-electron chi connectivity index (χ0n) is 23.6. The van der Waals surface area contributed by atoms with Gasteiger partial charge in [0.1, 0.15) is 27.8 Å². The maximum atomic E-state index is 13.7. The Kier molecular flexibility index (Phi) is 10.3. The van der Waals surface area contributed by atoms with Crippen molar-refractivity contribution in [2.45, 2.75) is 51.5 Å². The van der Waals surface area contributed by atoms with Gasteiger partial charge in [-0.2, -0.15) is 0 Å². The standard InChI is InChI=1S/C28H35ClN8O4S/c1-16(38)9-17-10-22(37(12-17)27(41)20-14-36-13-19(29)6-7-24(36)34-20)26-35-21(15-42-26)23(39)11-18(25(40)32-2)5-3-4-8-33-28(30)31/h6-7,13-15,17-18,22H,3-5,8-12H2,1-2H3,(H,32,40)(H4,30,31,33)/t17-,18-,22-/m1/s1. The first kappa shape index (κ1) is 31.1. The maximum absolute atomic E-state index is 13.7. The van der Waals surface area contributed by atoms with Gasteiger partial charge in [-0.1, -0.05) is 18.0 Å². The fraction of sp³-hybridized carbons (Fsp3) is 0.464. The minimum absolute atomic E-state index is 0.00915. The number of guanidine groups is 1. The van der Waals surface area contributed by atoms with Gasteiger partial charge in [0.25, 0.3) is 5.91 Å². The van der Waals surface area contributed by atoms with Crippen molar-refractivity contribution >= 4 is 57.9 Å². The van der Waals surface area contributed by atoms with Crippen LogP contribution in [0.4, 0.5) is 0 Å². The van der Waals surface area contributed by atoms with Crippen molar-refractivity contribution < 1.29 is 19.2 Å². The second kappa shape index (κ2) is 13.9. The number of hydrogen-bond acceptors (Lipinski definition) is 8. The second-order valence-corrected chi connectivity index (χ2v) is 11.9. The largest absolute Gasteiger partial charge is 0.370 e. The zero-order valence-corrected chi connectivity index (χ0v) is 25.2. The number of pyridine rings is 1. The Morgan fingerprint density at radius 2 is 1.95 bits per heavy atom. The lowest BCUT2D eigenvalue weighted by molar-refractivity contribution is -0.124. The third-order valence-corrected chi connectivity index (χ3v) is 8.43. The van der Waals surface area contributed by atoms with Gasteiger partial charge in [0, 0.05) is 56.7 Å². The lowest BCUT2D eigenvalue weighted by atomic mass is 9.94. The minimum Gasteiger partial charge on any atom is -0.370 e. The molecule has 224 valence electrons. The Morgan fingerprint density at radius 3 is 2.67 bits per heavy atom. The quantitative estimate of drug-likeness (QED) is 0.114. The van der Waals surface area contributed by atoms with Crippen LogP contribution in [0, 0.1) is 11.8 Å². The first-order valence-electron chi connectivity index (χ1n) is 13.8. The van der Waals surface area contributed by atoms with E-state index in [1.165, 1.54) is 18.3 Å². The molecule has 0 unspecified atom stereocenters. The number of nitrogens with zero attached hydrogens (tertiary/aromatic N) is 5. The molecular formula is C28H35ClN8O4S. The van der Waals surface area contributed by atoms with Gasteiger partial charge in [-0.25, -0.2) is 9.97 Å². The Hall–Kier alpha value is -3.84. The molecule has 1 fully saturated rings. The molecule has 0 spiro atoms. The Morgan fingerprint density at radius 1 is 1.17 bits per heavy atom. The first-order valence-corrected chi connectivity index (χ1v) is 15.0. The molecule has 0 radical (unpaired) electrons. The molecule has 4 heterocycles. The summed E-state index contributed by atoms with van der Waals surface area (Å²) in [7, 11) is 1.54. The van der Waals surface area contributed by atoms with Gasteiger partial charge in [-0.3, -0.25) is 19.4 Å². The molecule has 3 aromatic rings. The second-order valence-electron chi connectivity index (χ2n) is 10.5. The van der Waals surface area contributed by atoms with E-state index >= 15 is 0 Å². The molecule has 1 saturated heterocycles. The predicted molar refractivity (Wildman–Crippen MR) is 161 cm³/mol. The van der Waals surface area contributed by atoms with Crippen LogP contribution >= 0.6 is 22.9 Å². The summed E-state index contributed by atoms with van der Waals surface area (Å²) >= 11 is 7.39. The number of Topliss-reactive ketones (excluding diaryl/α,β-unsaturated/α-hetero) is 2. The van der Waals surface area contributed by atoms with E-state index in [0.717, 1.165) is 0 Å². The average Bonchev–Trinajstić information content (AvgIpc) is 3.68. The summed E-state index contributed by atoms with van der Waals surface area (Å²) in [6, 6.07) is 3.02. The Labute approximate surface area is 252 Å². The highest BCUT2D eigenvalue weighted by atomic mass is 35.5. The number of likely N-dealkylation sites (tertiary alicyclic amines) is 1. The summed E-state index contributed by atoms with van der Waals surface area (Å²) in [6.07, 6.45) is 6.07. The molecule has 42 heavy (non-hydrogen) atoms. The van der Waals surface area contributed by atoms with Crippen LogP contribution in [0.15, 0.2) is 34.9 Å². The monoisotopic (exact) mass is 614 g/mol. The summed E-state index contributed by atoms with van der Waals surface area (Å²) in [5.41, 5.74) is 11.8. The third-order valence-electron chi connectivity index (χ3n) is 7.26. The summed E-state index contributed by atoms with van der Waals surface area (Å²) in [4.78, 5) is 66.0. The normalized spacial score (nSPS) is 17.3. The fourth-order valence-corrected chi connectivity index (χ4v) is 6.40. The van der Waals surface area contributed by atoms with Gasteiger partial charge >= 0.3 is 0 Å². The van der Waals surface area contributed by atoms with Crippen LogP contribution < -0.4 is 16.8 Å². The highest BCUT2D eigenvalue weighted by molar-refractivity contribution is 7.09. The summed E-state index contributed by atoms with van der Waals surface area (Å²) in [6.45, 7) is 2.37. The van der Waals surface area contributed by atoms with E-state index in [4.69, 9.17) is 23.1 Å². The number of carbonyl (C=O) groups is 4. The molecule has 1 aliphatic heterocycles. The maximum Gasteiger partial charge on any atom is 0.274 e. The number of aromatic nitrogens is 3. The zero-order chi connectivity index (χ0) is 30.4. The van der Waals surface area contributed by atoms with Crippen LogP contribution in [0.3, 0.4) is 0 Å². The van der Waals surface area contributed by atoms with E-state index in [-0.39, 0.29) is 53.1 Å². The molecule has 3 atom stereocenters. The van der Waals surface area contributed by atoms with E-state index < -0.39 is 12.0 Å². The summed E-state index contributed by atoms with van der Waals surface area (Å²) in [5.74, 6) is -1.23. The van der Waals surface area contributed by atoms with Gasteiger partial charge in [0.15, 0.2) is 11.7 Å². The molecule has 14 heteroatoms. The minimum atomic E-state index is -0.514. The van der Waals surface area contributed by atoms with E-state index in [9.17, 15) is 19.2 Å². The number of imidazole rings is 1. The number of thiazole rings is 1. The molecular weight excluding hydrogens is 580 g/mol. The van der Waals surface area contributed by atoms with E-state index in [0.29, 0.717) is 60.9 Å². The van der Waals surface area contributed by atoms with Crippen molar-refractivity contribution in [3.05, 3.63) is 51.3 Å². The van der Waals surface area contributed by atoms with Crippen LogP contribution in [0.1, 0.15) is 77.5 Å². The van der Waals surface area contributed by atoms with Crippen molar-refractivity contribution in [2.75, 3.05) is 20.1 Å². The van der Waals surface area contributed by atoms with Crippen LogP contribution in [0.25, 0.3) is 5.65 Å². The Bertz CT molecular complexity index is 1500. The summed E-state index contributed by atoms with van der Waals surface area (Å²) in [5, 5.41) is 5.43. The number of nitrogens with one attached hydrogen (secondary N) is 1. The lowest BCUT2D eigenvalue weighted by Gasteiger charge is -2.22. The molecule has 5 N–H and O–H groups in total. The average molecular weight is 615 g/mol. The number of rotatable bonds is 13. The first-order chi connectivity index (χ1) is 20.0. The van der Waals surface area contributed by atoms with E-state index in [1.54, 1.807) is 46.3 Å². The number of halogens is 1. The van der Waals surface area contributed by atoms with Crippen LogP contribution in [0.5, 0.6) is 0 Å². The number of unbranched alkanes of at least 4 members (excludes halogenated alkanes) is 1. The van der Waals surface area contributed by atoms with Gasteiger partial charge in [-0.15, -0.1) is 11.3 Å². The third kappa shape index (κ3) is 7.71. The lowest BCUT2D eigenvalue weighted by Crippen LogP contribution is -2.31. The number of amides is 2. The topological polar surface area (TPSA) is 178 Å². The van der Waals surface area contributed by atoms with Crippen LogP contribution in [-0.2, 0) is 9.59 Å². The smallest absolute Gasteiger partial charge is 0.274 e. The molecule has 1 aliphatic rings. The molecule has 0 saturated carbocycles.